The van der Waals surface area contributed by atoms with Crippen LogP contribution in [0.1, 0.15) is 68.6 Å². The van der Waals surface area contributed by atoms with Gasteiger partial charge in [0.2, 0.25) is 5.91 Å². The predicted octanol–water partition coefficient (Wildman–Crippen LogP) is 3.52. The monoisotopic (exact) mass is 472 g/mol. The standard InChI is InChI=1S/C27H41FN4O2/c1-21-9-6-7-15-30(21)16-8-14-29-26(33)25(22-10-2-3-11-22)31-17-19-32(20-18-31)27(34)23-12-4-5-13-24(23)28/h4-5,12-13,21-22,25H,2-3,6-11,14-20H2,1H3,(H,29,33)/t21-,25+/m1/s1. The van der Waals surface area contributed by atoms with Crippen molar-refractivity contribution in [2.24, 2.45) is 5.92 Å². The number of halogens is 1. The maximum Gasteiger partial charge on any atom is 0.256 e. The fraction of sp³-hybridized carbons (Fsp3) is 0.704. The highest BCUT2D eigenvalue weighted by Crippen LogP contribution is 2.31. The molecule has 0 spiro atoms. The van der Waals surface area contributed by atoms with Gasteiger partial charge in [0.05, 0.1) is 11.6 Å². The van der Waals surface area contributed by atoms with Crippen molar-refractivity contribution in [2.75, 3.05) is 45.8 Å². The number of nitrogens with one attached hydrogen (secondary N) is 1. The van der Waals surface area contributed by atoms with E-state index >= 15 is 0 Å². The molecule has 3 fully saturated rings. The van der Waals surface area contributed by atoms with Crippen LogP contribution < -0.4 is 5.32 Å². The van der Waals surface area contributed by atoms with Crippen molar-refractivity contribution >= 4 is 11.8 Å². The summed E-state index contributed by atoms with van der Waals surface area (Å²) in [5, 5.41) is 3.24. The Labute approximate surface area is 203 Å². The van der Waals surface area contributed by atoms with Gasteiger partial charge in [0.15, 0.2) is 0 Å². The molecule has 0 unspecified atom stereocenters. The Balaban J connectivity index is 1.29. The molecule has 3 aliphatic rings. The molecule has 0 aromatic heterocycles. The second-order valence-electron chi connectivity index (χ2n) is 10.3. The number of nitrogens with zero attached hydrogens (tertiary/aromatic N) is 3. The van der Waals surface area contributed by atoms with Crippen LogP contribution in [0.3, 0.4) is 0 Å². The number of benzene rings is 1. The summed E-state index contributed by atoms with van der Waals surface area (Å²) < 4.78 is 14.1. The highest BCUT2D eigenvalue weighted by Gasteiger charge is 2.37. The molecule has 0 bridgehead atoms. The van der Waals surface area contributed by atoms with Crippen LogP contribution in [0.5, 0.6) is 0 Å². The Morgan fingerprint density at radius 3 is 2.41 bits per heavy atom. The van der Waals surface area contributed by atoms with E-state index in [4.69, 9.17) is 0 Å². The van der Waals surface area contributed by atoms with E-state index in [0.29, 0.717) is 38.1 Å². The van der Waals surface area contributed by atoms with Crippen molar-refractivity contribution in [2.45, 2.75) is 70.4 Å². The number of piperidine rings is 1. The number of hydrogen-bond acceptors (Lipinski definition) is 4. The fourth-order valence-corrected chi connectivity index (χ4v) is 6.05. The number of likely N-dealkylation sites (tertiary alicyclic amines) is 1. The van der Waals surface area contributed by atoms with Gasteiger partial charge in [-0.15, -0.1) is 0 Å². The molecular weight excluding hydrogens is 431 g/mol. The van der Waals surface area contributed by atoms with Gasteiger partial charge in [0.1, 0.15) is 5.82 Å². The summed E-state index contributed by atoms with van der Waals surface area (Å²) in [6, 6.07) is 6.70. The number of amides is 2. The van der Waals surface area contributed by atoms with E-state index in [0.717, 1.165) is 32.4 Å². The molecular formula is C27H41FN4O2. The molecule has 6 nitrogen and oxygen atoms in total. The Morgan fingerprint density at radius 2 is 1.71 bits per heavy atom. The second kappa shape index (κ2) is 12.1. The van der Waals surface area contributed by atoms with Crippen molar-refractivity contribution in [3.63, 3.8) is 0 Å². The van der Waals surface area contributed by atoms with Crippen LogP contribution in [0, 0.1) is 11.7 Å². The summed E-state index contributed by atoms with van der Waals surface area (Å²) in [7, 11) is 0. The first-order chi connectivity index (χ1) is 16.5. The molecule has 2 saturated heterocycles. The van der Waals surface area contributed by atoms with Crippen molar-refractivity contribution in [1.29, 1.82) is 0 Å². The maximum atomic E-state index is 14.1. The smallest absolute Gasteiger partial charge is 0.256 e. The SMILES string of the molecule is C[C@@H]1CCCCN1CCCNC(=O)[C@H](C1CCCC1)N1CCN(C(=O)c2ccccc2F)CC1. The van der Waals surface area contributed by atoms with Gasteiger partial charge >= 0.3 is 0 Å². The lowest BCUT2D eigenvalue weighted by molar-refractivity contribution is -0.129. The number of rotatable bonds is 8. The molecule has 1 aliphatic carbocycles. The lowest BCUT2D eigenvalue weighted by atomic mass is 9.95. The third-order valence-electron chi connectivity index (χ3n) is 8.08. The Morgan fingerprint density at radius 1 is 1.00 bits per heavy atom. The quantitative estimate of drug-likeness (QED) is 0.588. The van der Waals surface area contributed by atoms with Crippen LogP contribution >= 0.6 is 0 Å². The summed E-state index contributed by atoms with van der Waals surface area (Å²) >= 11 is 0. The minimum atomic E-state index is -0.475. The van der Waals surface area contributed by atoms with Crippen LogP contribution in [0.15, 0.2) is 24.3 Å². The molecule has 2 amide bonds. The molecule has 34 heavy (non-hydrogen) atoms. The summed E-state index contributed by atoms with van der Waals surface area (Å²) in [5.41, 5.74) is 0.129. The van der Waals surface area contributed by atoms with Gasteiger partial charge < -0.3 is 15.1 Å². The van der Waals surface area contributed by atoms with E-state index in [1.54, 1.807) is 23.1 Å². The zero-order valence-electron chi connectivity index (χ0n) is 20.7. The van der Waals surface area contributed by atoms with Crippen molar-refractivity contribution in [3.05, 3.63) is 35.6 Å². The Hall–Kier alpha value is -1.99. The van der Waals surface area contributed by atoms with E-state index in [1.165, 1.54) is 44.7 Å². The highest BCUT2D eigenvalue weighted by atomic mass is 19.1. The minimum Gasteiger partial charge on any atom is -0.355 e. The number of hydrogen-bond donors (Lipinski definition) is 1. The zero-order valence-corrected chi connectivity index (χ0v) is 20.7. The third-order valence-corrected chi connectivity index (χ3v) is 8.08. The van der Waals surface area contributed by atoms with Crippen molar-refractivity contribution in [1.82, 2.24) is 20.0 Å². The molecule has 4 rings (SSSR count). The first-order valence-corrected chi connectivity index (χ1v) is 13.3. The first kappa shape index (κ1) is 25.1. The fourth-order valence-electron chi connectivity index (χ4n) is 6.05. The molecule has 2 aliphatic heterocycles. The van der Waals surface area contributed by atoms with Crippen molar-refractivity contribution < 1.29 is 14.0 Å². The van der Waals surface area contributed by atoms with Gasteiger partial charge in [-0.25, -0.2) is 4.39 Å². The van der Waals surface area contributed by atoms with Gasteiger partial charge in [-0.05, 0) is 63.6 Å². The molecule has 0 radical (unpaired) electrons. The van der Waals surface area contributed by atoms with E-state index in [9.17, 15) is 14.0 Å². The summed E-state index contributed by atoms with van der Waals surface area (Å²) in [6.07, 6.45) is 9.44. The highest BCUT2D eigenvalue weighted by molar-refractivity contribution is 5.94. The van der Waals surface area contributed by atoms with Gasteiger partial charge in [0, 0.05) is 45.3 Å². The van der Waals surface area contributed by atoms with Gasteiger partial charge in [-0.2, -0.15) is 0 Å². The largest absolute Gasteiger partial charge is 0.355 e. The van der Waals surface area contributed by atoms with E-state index in [2.05, 4.69) is 22.0 Å². The van der Waals surface area contributed by atoms with Gasteiger partial charge in [-0.1, -0.05) is 31.4 Å². The third kappa shape index (κ3) is 6.16. The van der Waals surface area contributed by atoms with Crippen LogP contribution in [0.4, 0.5) is 4.39 Å². The van der Waals surface area contributed by atoms with Gasteiger partial charge in [-0.3, -0.25) is 14.5 Å². The average molecular weight is 473 g/mol. The molecule has 1 saturated carbocycles. The topological polar surface area (TPSA) is 55.9 Å². The second-order valence-corrected chi connectivity index (χ2v) is 10.3. The van der Waals surface area contributed by atoms with Crippen LogP contribution in [-0.2, 0) is 4.79 Å². The summed E-state index contributed by atoms with van der Waals surface area (Å²) in [5.74, 6) is -0.202. The van der Waals surface area contributed by atoms with Crippen LogP contribution in [0.2, 0.25) is 0 Å². The Bertz CT molecular complexity index is 821. The molecule has 2 heterocycles. The first-order valence-electron chi connectivity index (χ1n) is 13.3. The molecule has 1 aromatic rings. The number of piperazine rings is 1. The lowest BCUT2D eigenvalue weighted by Crippen LogP contribution is -2.58. The van der Waals surface area contributed by atoms with Gasteiger partial charge in [0.25, 0.3) is 5.91 Å². The number of carbonyl (C=O) groups is 2. The van der Waals surface area contributed by atoms with E-state index in [-0.39, 0.29) is 23.4 Å². The Kier molecular flexibility index (Phi) is 8.95. The normalized spacial score (nSPS) is 23.7. The molecule has 7 heteroatoms. The number of carbonyl (C=O) groups excluding carboxylic acids is 2. The van der Waals surface area contributed by atoms with E-state index in [1.807, 2.05) is 0 Å². The summed E-state index contributed by atoms with van der Waals surface area (Å²) in [4.78, 5) is 32.7. The molecule has 188 valence electrons. The van der Waals surface area contributed by atoms with Crippen LogP contribution in [-0.4, -0.2) is 84.4 Å². The molecule has 2 atom stereocenters. The van der Waals surface area contributed by atoms with Crippen molar-refractivity contribution in [3.8, 4) is 0 Å². The average Bonchev–Trinajstić information content (AvgIpc) is 3.38. The van der Waals surface area contributed by atoms with E-state index < -0.39 is 5.82 Å². The predicted molar refractivity (Wildman–Crippen MR) is 132 cm³/mol. The van der Waals surface area contributed by atoms with Crippen LogP contribution in [0.25, 0.3) is 0 Å². The maximum absolute atomic E-state index is 14.1. The zero-order chi connectivity index (χ0) is 23.9. The molecule has 1 aromatic carbocycles. The molecule has 1 N–H and O–H groups in total. The lowest BCUT2D eigenvalue weighted by Gasteiger charge is -2.41. The summed E-state index contributed by atoms with van der Waals surface area (Å²) in [6.45, 7) is 7.61. The minimum absolute atomic E-state index is 0.123.